The summed E-state index contributed by atoms with van der Waals surface area (Å²) in [5.41, 5.74) is 1.81. The molecule has 0 saturated carbocycles. The normalized spacial score (nSPS) is 15.0. The molecule has 1 aromatic heterocycles. The molecule has 1 aliphatic heterocycles. The maximum absolute atomic E-state index is 12.9. The van der Waals surface area contributed by atoms with Crippen molar-refractivity contribution < 1.29 is 4.74 Å². The number of likely N-dealkylation sites (tertiary alicyclic amines) is 1. The first kappa shape index (κ1) is 24.0. The third-order valence-corrected chi connectivity index (χ3v) is 6.32. The zero-order valence-corrected chi connectivity index (χ0v) is 20.3. The Morgan fingerprint density at radius 2 is 1.79 bits per heavy atom. The van der Waals surface area contributed by atoms with E-state index in [1.807, 2.05) is 54.6 Å². The topological polar surface area (TPSA) is 67.6 Å². The van der Waals surface area contributed by atoms with Gasteiger partial charge in [0.2, 0.25) is 0 Å². The maximum Gasteiger partial charge on any atom is 0.350 e. The second-order valence-corrected chi connectivity index (χ2v) is 9.19. The van der Waals surface area contributed by atoms with Crippen LogP contribution in [0.3, 0.4) is 0 Å². The van der Waals surface area contributed by atoms with E-state index in [1.54, 1.807) is 15.6 Å². The van der Waals surface area contributed by atoms with Crippen LogP contribution in [-0.2, 0) is 6.54 Å². The Labute approximate surface area is 201 Å². The molecule has 1 fully saturated rings. The minimum absolute atomic E-state index is 0.0768. The third kappa shape index (κ3) is 6.71. The van der Waals surface area contributed by atoms with Crippen LogP contribution in [0, 0.1) is 5.92 Å². The summed E-state index contributed by atoms with van der Waals surface area (Å²) in [6.45, 7) is 6.20. The summed E-state index contributed by atoms with van der Waals surface area (Å²) >= 11 is 0. The van der Waals surface area contributed by atoms with Crippen LogP contribution in [0.2, 0.25) is 0 Å². The molecule has 4 rings (SSSR count). The van der Waals surface area contributed by atoms with E-state index in [0.717, 1.165) is 62.7 Å². The number of hydrogen-bond acceptors (Lipinski definition) is 6. The first-order chi connectivity index (χ1) is 16.6. The second kappa shape index (κ2) is 11.9. The van der Waals surface area contributed by atoms with Gasteiger partial charge in [0.1, 0.15) is 18.7 Å². The van der Waals surface area contributed by atoms with Gasteiger partial charge in [-0.05, 0) is 82.3 Å². The van der Waals surface area contributed by atoms with Gasteiger partial charge >= 0.3 is 5.69 Å². The lowest BCUT2D eigenvalue weighted by Crippen LogP contribution is -2.38. The van der Waals surface area contributed by atoms with Crippen molar-refractivity contribution in [3.8, 4) is 11.4 Å². The molecule has 0 amide bonds. The summed E-state index contributed by atoms with van der Waals surface area (Å²) in [6, 6.07) is 17.9. The third-order valence-electron chi connectivity index (χ3n) is 6.32. The number of ether oxygens (including phenoxy) is 1. The van der Waals surface area contributed by atoms with Crippen LogP contribution in [0.25, 0.3) is 5.69 Å². The molecule has 0 atom stereocenters. The number of aromatic nitrogens is 3. The minimum atomic E-state index is -0.0768. The van der Waals surface area contributed by atoms with Crippen molar-refractivity contribution in [1.29, 1.82) is 0 Å². The van der Waals surface area contributed by atoms with Crippen LogP contribution in [0.15, 0.2) is 65.7 Å². The summed E-state index contributed by atoms with van der Waals surface area (Å²) in [5.74, 6) is 1.39. The molecule has 3 aromatic rings. The summed E-state index contributed by atoms with van der Waals surface area (Å²) in [4.78, 5) is 17.5. The van der Waals surface area contributed by atoms with Crippen LogP contribution in [-0.4, -0.2) is 77.6 Å². The lowest BCUT2D eigenvalue weighted by atomic mass is 9.97. The van der Waals surface area contributed by atoms with E-state index in [1.165, 1.54) is 0 Å². The number of benzene rings is 2. The minimum Gasteiger partial charge on any atom is -0.492 e. The molecule has 0 spiro atoms. The van der Waals surface area contributed by atoms with E-state index in [0.29, 0.717) is 19.1 Å². The molecule has 0 aliphatic carbocycles. The zero-order valence-electron chi connectivity index (χ0n) is 20.3. The average molecular weight is 465 g/mol. The van der Waals surface area contributed by atoms with E-state index in [-0.39, 0.29) is 5.69 Å². The molecule has 8 nitrogen and oxygen atoms in total. The number of para-hydroxylation sites is 1. The van der Waals surface area contributed by atoms with Gasteiger partial charge in [0, 0.05) is 31.9 Å². The number of anilines is 1. The smallest absolute Gasteiger partial charge is 0.350 e. The molecule has 2 aromatic carbocycles. The Morgan fingerprint density at radius 1 is 1.06 bits per heavy atom. The summed E-state index contributed by atoms with van der Waals surface area (Å²) in [7, 11) is 4.11. The number of nitrogens with zero attached hydrogens (tertiary/aromatic N) is 5. The number of likely N-dealkylation sites (N-methyl/N-ethyl adjacent to an activating group) is 1. The highest BCUT2D eigenvalue weighted by molar-refractivity contribution is 5.48. The van der Waals surface area contributed by atoms with Gasteiger partial charge in [-0.1, -0.05) is 18.2 Å². The van der Waals surface area contributed by atoms with Crippen molar-refractivity contribution in [2.24, 2.45) is 5.92 Å². The number of nitrogens with one attached hydrogen (secondary N) is 1. The number of rotatable bonds is 11. The standard InChI is InChI=1S/C26H36N6O2/c1-29(2)17-14-27-23-8-10-24(11-9-23)31-21-28-32(26(31)33)20-22-12-15-30(16-13-22)18-19-34-25-6-4-3-5-7-25/h3-11,21-22,27H,12-20H2,1-2H3. The van der Waals surface area contributed by atoms with Crippen LogP contribution < -0.4 is 15.7 Å². The fourth-order valence-electron chi connectivity index (χ4n) is 4.25. The largest absolute Gasteiger partial charge is 0.492 e. The molecule has 8 heteroatoms. The second-order valence-electron chi connectivity index (χ2n) is 9.19. The Hall–Kier alpha value is -3.10. The van der Waals surface area contributed by atoms with E-state index in [2.05, 4.69) is 34.3 Å². The van der Waals surface area contributed by atoms with Crippen molar-refractivity contribution in [3.05, 3.63) is 71.4 Å². The van der Waals surface area contributed by atoms with Crippen molar-refractivity contribution in [3.63, 3.8) is 0 Å². The van der Waals surface area contributed by atoms with E-state index in [4.69, 9.17) is 4.74 Å². The van der Waals surface area contributed by atoms with Gasteiger partial charge in [0.25, 0.3) is 0 Å². The first-order valence-corrected chi connectivity index (χ1v) is 12.1. The van der Waals surface area contributed by atoms with Gasteiger partial charge in [-0.2, -0.15) is 5.10 Å². The van der Waals surface area contributed by atoms with Crippen LogP contribution >= 0.6 is 0 Å². The van der Waals surface area contributed by atoms with E-state index >= 15 is 0 Å². The predicted octanol–water partition coefficient (Wildman–Crippen LogP) is 2.80. The van der Waals surface area contributed by atoms with E-state index < -0.39 is 0 Å². The van der Waals surface area contributed by atoms with Gasteiger partial charge in [-0.3, -0.25) is 4.90 Å². The van der Waals surface area contributed by atoms with Crippen molar-refractivity contribution in [1.82, 2.24) is 24.1 Å². The van der Waals surface area contributed by atoms with Gasteiger partial charge in [-0.15, -0.1) is 0 Å². The van der Waals surface area contributed by atoms with Crippen molar-refractivity contribution >= 4 is 5.69 Å². The fourth-order valence-corrected chi connectivity index (χ4v) is 4.25. The SMILES string of the molecule is CN(C)CCNc1ccc(-n2cnn(CC3CCN(CCOc4ccccc4)CC3)c2=O)cc1. The number of piperidine rings is 1. The molecule has 1 saturated heterocycles. The molecular formula is C26H36N6O2. The van der Waals surface area contributed by atoms with Gasteiger partial charge in [0.05, 0.1) is 5.69 Å². The zero-order chi connectivity index (χ0) is 23.8. The molecule has 1 N–H and O–H groups in total. The highest BCUT2D eigenvalue weighted by atomic mass is 16.5. The molecule has 0 unspecified atom stereocenters. The lowest BCUT2D eigenvalue weighted by Gasteiger charge is -2.31. The predicted molar refractivity (Wildman–Crippen MR) is 136 cm³/mol. The lowest BCUT2D eigenvalue weighted by molar-refractivity contribution is 0.145. The quantitative estimate of drug-likeness (QED) is 0.471. The summed E-state index contributed by atoms with van der Waals surface area (Å²) in [6.07, 6.45) is 3.77. The van der Waals surface area contributed by atoms with Gasteiger partial charge in [0.15, 0.2) is 0 Å². The van der Waals surface area contributed by atoms with Crippen LogP contribution in [0.5, 0.6) is 5.75 Å². The van der Waals surface area contributed by atoms with Gasteiger partial charge < -0.3 is 15.0 Å². The highest BCUT2D eigenvalue weighted by Crippen LogP contribution is 2.19. The Bertz CT molecular complexity index is 1050. The monoisotopic (exact) mass is 464 g/mol. The molecular weight excluding hydrogens is 428 g/mol. The first-order valence-electron chi connectivity index (χ1n) is 12.1. The maximum atomic E-state index is 12.9. The number of hydrogen-bond donors (Lipinski definition) is 1. The fraction of sp³-hybridized carbons (Fsp3) is 0.462. The van der Waals surface area contributed by atoms with Crippen LogP contribution in [0.1, 0.15) is 12.8 Å². The molecule has 0 radical (unpaired) electrons. The molecule has 2 heterocycles. The Balaban J connectivity index is 1.23. The average Bonchev–Trinajstić information content (AvgIpc) is 3.21. The summed E-state index contributed by atoms with van der Waals surface area (Å²) < 4.78 is 9.06. The highest BCUT2D eigenvalue weighted by Gasteiger charge is 2.21. The molecule has 0 bridgehead atoms. The Morgan fingerprint density at radius 3 is 2.50 bits per heavy atom. The van der Waals surface area contributed by atoms with Crippen LogP contribution in [0.4, 0.5) is 5.69 Å². The van der Waals surface area contributed by atoms with Crippen molar-refractivity contribution in [2.45, 2.75) is 19.4 Å². The molecule has 34 heavy (non-hydrogen) atoms. The Kier molecular flexibility index (Phi) is 8.38. The molecule has 1 aliphatic rings. The van der Waals surface area contributed by atoms with Crippen molar-refractivity contribution in [2.75, 3.05) is 58.7 Å². The molecule has 182 valence electrons. The van der Waals surface area contributed by atoms with E-state index in [9.17, 15) is 4.79 Å². The summed E-state index contributed by atoms with van der Waals surface area (Å²) in [5, 5.41) is 7.78. The van der Waals surface area contributed by atoms with Gasteiger partial charge in [-0.25, -0.2) is 14.0 Å².